The van der Waals surface area contributed by atoms with Crippen LogP contribution in [0.15, 0.2) is 42.6 Å². The molecule has 0 spiro atoms. The van der Waals surface area contributed by atoms with Crippen molar-refractivity contribution in [1.29, 1.82) is 5.26 Å². The van der Waals surface area contributed by atoms with E-state index in [4.69, 9.17) is 5.26 Å². The molecular formula is C12H8N2. The summed E-state index contributed by atoms with van der Waals surface area (Å²) < 4.78 is 0. The van der Waals surface area contributed by atoms with E-state index in [2.05, 4.69) is 4.98 Å². The van der Waals surface area contributed by atoms with Gasteiger partial charge in [0.05, 0.1) is 11.6 Å². The van der Waals surface area contributed by atoms with Crippen LogP contribution in [0, 0.1) is 11.3 Å². The normalized spacial score (nSPS) is 10.5. The summed E-state index contributed by atoms with van der Waals surface area (Å²) >= 11 is 0. The molecule has 66 valence electrons. The maximum Gasteiger partial charge on any atom is 0.0912 e. The highest BCUT2D eigenvalue weighted by Crippen LogP contribution is 2.13. The first-order chi connectivity index (χ1) is 6.90. The Balaban J connectivity index is 2.52. The Morgan fingerprint density at radius 2 is 2.21 bits per heavy atom. The number of benzene rings is 1. The zero-order valence-electron chi connectivity index (χ0n) is 7.51. The third kappa shape index (κ3) is 1.62. The first-order valence-corrected chi connectivity index (χ1v) is 4.31. The van der Waals surface area contributed by atoms with Crippen molar-refractivity contribution in [2.45, 2.75) is 0 Å². The highest BCUT2D eigenvalue weighted by molar-refractivity contribution is 5.80. The van der Waals surface area contributed by atoms with E-state index in [-0.39, 0.29) is 0 Å². The predicted octanol–water partition coefficient (Wildman–Crippen LogP) is 2.77. The van der Waals surface area contributed by atoms with Gasteiger partial charge < -0.3 is 0 Å². The summed E-state index contributed by atoms with van der Waals surface area (Å²) in [7, 11) is 0. The molecule has 0 unspecified atom stereocenters. The van der Waals surface area contributed by atoms with Crippen molar-refractivity contribution in [3.8, 4) is 6.07 Å². The van der Waals surface area contributed by atoms with Crippen LogP contribution >= 0.6 is 0 Å². The Bertz CT molecular complexity index is 521. The highest BCUT2D eigenvalue weighted by atomic mass is 14.6. The second-order valence-corrected chi connectivity index (χ2v) is 2.92. The molecule has 0 aliphatic heterocycles. The number of rotatable bonds is 1. The van der Waals surface area contributed by atoms with Gasteiger partial charge in [-0.15, -0.1) is 0 Å². The van der Waals surface area contributed by atoms with E-state index in [0.29, 0.717) is 0 Å². The summed E-state index contributed by atoms with van der Waals surface area (Å²) in [6.07, 6.45) is 5.00. The molecule has 0 aliphatic rings. The molecule has 1 aromatic carbocycles. The van der Waals surface area contributed by atoms with Crippen molar-refractivity contribution in [2.75, 3.05) is 0 Å². The number of nitrogens with zero attached hydrogens (tertiary/aromatic N) is 2. The molecule has 0 aliphatic carbocycles. The van der Waals surface area contributed by atoms with Crippen molar-refractivity contribution < 1.29 is 0 Å². The third-order valence-corrected chi connectivity index (χ3v) is 1.98. The molecule has 0 N–H and O–H groups in total. The van der Waals surface area contributed by atoms with E-state index in [0.717, 1.165) is 16.5 Å². The van der Waals surface area contributed by atoms with Crippen molar-refractivity contribution in [3.63, 3.8) is 0 Å². The van der Waals surface area contributed by atoms with Gasteiger partial charge in [-0.3, -0.25) is 4.98 Å². The molecule has 0 amide bonds. The van der Waals surface area contributed by atoms with Crippen molar-refractivity contribution >= 4 is 17.0 Å². The molecule has 1 aromatic heterocycles. The summed E-state index contributed by atoms with van der Waals surface area (Å²) in [5, 5.41) is 9.50. The molecule has 0 radical (unpaired) electrons. The number of hydrogen-bond acceptors (Lipinski definition) is 2. The molecular weight excluding hydrogens is 172 g/mol. The Kier molecular flexibility index (Phi) is 2.24. The van der Waals surface area contributed by atoms with Gasteiger partial charge in [-0.2, -0.15) is 5.26 Å². The average Bonchev–Trinajstić information content (AvgIpc) is 2.26. The molecule has 0 saturated heterocycles. The van der Waals surface area contributed by atoms with Gasteiger partial charge in [-0.05, 0) is 23.8 Å². The van der Waals surface area contributed by atoms with Gasteiger partial charge in [-0.1, -0.05) is 18.2 Å². The Hall–Kier alpha value is -2.14. The minimum atomic E-state index is 0.951. The molecule has 2 heteroatoms. The van der Waals surface area contributed by atoms with Gasteiger partial charge >= 0.3 is 0 Å². The van der Waals surface area contributed by atoms with Crippen molar-refractivity contribution in [2.24, 2.45) is 0 Å². The zero-order chi connectivity index (χ0) is 9.80. The van der Waals surface area contributed by atoms with Crippen LogP contribution in [0.1, 0.15) is 5.56 Å². The van der Waals surface area contributed by atoms with Gasteiger partial charge in [0.1, 0.15) is 0 Å². The Labute approximate surface area is 82.1 Å². The number of hydrogen-bond donors (Lipinski definition) is 0. The number of pyridine rings is 1. The van der Waals surface area contributed by atoms with Crippen LogP contribution in [0.3, 0.4) is 0 Å². The zero-order valence-corrected chi connectivity index (χ0v) is 7.51. The van der Waals surface area contributed by atoms with Crippen LogP contribution < -0.4 is 0 Å². The first kappa shape index (κ1) is 8.46. The summed E-state index contributed by atoms with van der Waals surface area (Å²) in [5.74, 6) is 0. The molecule has 2 rings (SSSR count). The van der Waals surface area contributed by atoms with Crippen LogP contribution in [0.5, 0.6) is 0 Å². The van der Waals surface area contributed by atoms with Crippen LogP contribution in [0.2, 0.25) is 0 Å². The van der Waals surface area contributed by atoms with Crippen molar-refractivity contribution in [3.05, 3.63) is 48.2 Å². The lowest BCUT2D eigenvalue weighted by Gasteiger charge is -1.97. The minimum Gasteiger partial charge on any atom is -0.256 e. The van der Waals surface area contributed by atoms with E-state index in [1.165, 1.54) is 6.08 Å². The van der Waals surface area contributed by atoms with E-state index in [1.54, 1.807) is 12.3 Å². The van der Waals surface area contributed by atoms with Crippen LogP contribution in [-0.2, 0) is 0 Å². The molecule has 0 atom stereocenters. The molecule has 2 aromatic rings. The summed E-state index contributed by atoms with van der Waals surface area (Å²) in [5.41, 5.74) is 1.95. The molecule has 2 nitrogen and oxygen atoms in total. The van der Waals surface area contributed by atoms with Gasteiger partial charge in [-0.25, -0.2) is 0 Å². The summed E-state index contributed by atoms with van der Waals surface area (Å²) in [6, 6.07) is 11.8. The Morgan fingerprint density at radius 3 is 3.07 bits per heavy atom. The Morgan fingerprint density at radius 1 is 1.29 bits per heavy atom. The predicted molar refractivity (Wildman–Crippen MR) is 56.4 cm³/mol. The SMILES string of the molecule is N#CC=Cc1ccc2cccnc2c1. The van der Waals surface area contributed by atoms with Crippen molar-refractivity contribution in [1.82, 2.24) is 4.98 Å². The number of fused-ring (bicyclic) bond motifs is 1. The smallest absolute Gasteiger partial charge is 0.0912 e. The number of nitriles is 1. The van der Waals surface area contributed by atoms with Gasteiger partial charge in [0.25, 0.3) is 0 Å². The molecule has 0 fully saturated rings. The van der Waals surface area contributed by atoms with E-state index >= 15 is 0 Å². The van der Waals surface area contributed by atoms with Gasteiger partial charge in [0, 0.05) is 17.7 Å². The fourth-order valence-corrected chi connectivity index (χ4v) is 1.32. The fourth-order valence-electron chi connectivity index (χ4n) is 1.32. The maximum atomic E-state index is 8.39. The quantitative estimate of drug-likeness (QED) is 0.633. The molecule has 1 heterocycles. The van der Waals surface area contributed by atoms with E-state index in [9.17, 15) is 0 Å². The largest absolute Gasteiger partial charge is 0.256 e. The van der Waals surface area contributed by atoms with E-state index < -0.39 is 0 Å². The van der Waals surface area contributed by atoms with Gasteiger partial charge in [0.2, 0.25) is 0 Å². The van der Waals surface area contributed by atoms with E-state index in [1.807, 2.05) is 36.4 Å². The number of allylic oxidation sites excluding steroid dienone is 1. The lowest BCUT2D eigenvalue weighted by Crippen LogP contribution is -1.78. The average molecular weight is 180 g/mol. The van der Waals surface area contributed by atoms with Crippen LogP contribution in [0.4, 0.5) is 0 Å². The van der Waals surface area contributed by atoms with Gasteiger partial charge in [0.15, 0.2) is 0 Å². The second kappa shape index (κ2) is 3.71. The lowest BCUT2D eigenvalue weighted by molar-refractivity contribution is 1.41. The monoisotopic (exact) mass is 180 g/mol. The fraction of sp³-hybridized carbons (Fsp3) is 0. The summed E-state index contributed by atoms with van der Waals surface area (Å²) in [4.78, 5) is 4.23. The topological polar surface area (TPSA) is 36.7 Å². The highest BCUT2D eigenvalue weighted by Gasteiger charge is 1.93. The standard InChI is InChI=1S/C12H8N2/c13-7-1-3-10-5-6-11-4-2-8-14-12(11)9-10/h1-6,8-9H. The maximum absolute atomic E-state index is 8.39. The minimum absolute atomic E-state index is 0.951. The molecule has 0 bridgehead atoms. The first-order valence-electron chi connectivity index (χ1n) is 4.31. The molecule has 14 heavy (non-hydrogen) atoms. The number of aromatic nitrogens is 1. The third-order valence-electron chi connectivity index (χ3n) is 1.98. The van der Waals surface area contributed by atoms with Crippen LogP contribution in [0.25, 0.3) is 17.0 Å². The molecule has 0 saturated carbocycles. The second-order valence-electron chi connectivity index (χ2n) is 2.92. The lowest BCUT2D eigenvalue weighted by atomic mass is 10.1. The van der Waals surface area contributed by atoms with Crippen LogP contribution in [-0.4, -0.2) is 4.98 Å². The summed E-state index contributed by atoms with van der Waals surface area (Å²) in [6.45, 7) is 0.